The van der Waals surface area contributed by atoms with Gasteiger partial charge in [-0.15, -0.1) is 0 Å². The van der Waals surface area contributed by atoms with E-state index in [1.807, 2.05) is 0 Å². The number of carboxylic acid groups (broad SMARTS) is 1. The van der Waals surface area contributed by atoms with Gasteiger partial charge in [0.25, 0.3) is 10.0 Å². The van der Waals surface area contributed by atoms with E-state index in [9.17, 15) is 13.2 Å². The molecule has 2 aromatic carbocycles. The summed E-state index contributed by atoms with van der Waals surface area (Å²) in [6.45, 7) is 7.83. The van der Waals surface area contributed by atoms with Crippen molar-refractivity contribution in [1.82, 2.24) is 0 Å². The molecule has 5 nitrogen and oxygen atoms in total. The Bertz CT molecular complexity index is 863. The van der Waals surface area contributed by atoms with E-state index in [-0.39, 0.29) is 15.9 Å². The normalized spacial score (nSPS) is 12.0. The minimum absolute atomic E-state index is 0.0566. The van der Waals surface area contributed by atoms with Crippen LogP contribution in [0.4, 0.5) is 5.69 Å². The SMILES string of the molecule is Cc1cc(C(=O)O)ccc1NS(=O)(=O)c1ccc(C(C)(C)C)cc1. The van der Waals surface area contributed by atoms with Crippen molar-refractivity contribution in [3.05, 3.63) is 59.2 Å². The molecule has 0 heterocycles. The molecule has 0 bridgehead atoms. The molecular formula is C18H21NO4S. The second-order valence-corrected chi connectivity index (χ2v) is 8.40. The molecule has 0 atom stereocenters. The molecule has 2 rings (SSSR count). The Morgan fingerprint density at radius 3 is 2.08 bits per heavy atom. The van der Waals surface area contributed by atoms with Crippen molar-refractivity contribution in [3.8, 4) is 0 Å². The van der Waals surface area contributed by atoms with Crippen molar-refractivity contribution in [2.24, 2.45) is 0 Å². The van der Waals surface area contributed by atoms with Gasteiger partial charge in [0.05, 0.1) is 16.1 Å². The standard InChI is InChI=1S/C18H21NO4S/c1-12-11-13(17(20)21)5-10-16(12)19-24(22,23)15-8-6-14(7-9-15)18(2,3)4/h5-11,19H,1-4H3,(H,20,21). The number of sulfonamides is 1. The van der Waals surface area contributed by atoms with E-state index in [0.29, 0.717) is 11.3 Å². The molecule has 0 saturated heterocycles. The number of nitrogens with one attached hydrogen (secondary N) is 1. The van der Waals surface area contributed by atoms with Crippen LogP contribution in [0.5, 0.6) is 0 Å². The van der Waals surface area contributed by atoms with Crippen LogP contribution >= 0.6 is 0 Å². The van der Waals surface area contributed by atoms with E-state index >= 15 is 0 Å². The lowest BCUT2D eigenvalue weighted by molar-refractivity contribution is 0.0697. The maximum absolute atomic E-state index is 12.5. The molecule has 0 radical (unpaired) electrons. The molecule has 2 aromatic rings. The molecule has 0 aromatic heterocycles. The van der Waals surface area contributed by atoms with Crippen LogP contribution in [0.2, 0.25) is 0 Å². The Balaban J connectivity index is 2.30. The smallest absolute Gasteiger partial charge is 0.335 e. The van der Waals surface area contributed by atoms with Gasteiger partial charge in [-0.1, -0.05) is 32.9 Å². The van der Waals surface area contributed by atoms with Gasteiger partial charge in [0.1, 0.15) is 0 Å². The second kappa shape index (κ2) is 6.28. The molecule has 0 aliphatic carbocycles. The van der Waals surface area contributed by atoms with Crippen LogP contribution in [0, 0.1) is 6.92 Å². The Kier molecular flexibility index (Phi) is 4.71. The van der Waals surface area contributed by atoms with Crippen LogP contribution in [0.15, 0.2) is 47.4 Å². The van der Waals surface area contributed by atoms with Crippen molar-refractivity contribution >= 4 is 21.7 Å². The molecule has 0 aliphatic rings. The van der Waals surface area contributed by atoms with E-state index < -0.39 is 16.0 Å². The molecule has 128 valence electrons. The van der Waals surface area contributed by atoms with Crippen LogP contribution in [0.1, 0.15) is 42.3 Å². The molecule has 6 heteroatoms. The third-order valence-electron chi connectivity index (χ3n) is 3.75. The molecule has 0 fully saturated rings. The van der Waals surface area contributed by atoms with Crippen LogP contribution in [0.25, 0.3) is 0 Å². The Morgan fingerprint density at radius 1 is 1.04 bits per heavy atom. The maximum Gasteiger partial charge on any atom is 0.335 e. The zero-order valence-electron chi connectivity index (χ0n) is 14.1. The summed E-state index contributed by atoms with van der Waals surface area (Å²) in [5.74, 6) is -1.05. The zero-order chi connectivity index (χ0) is 18.1. The lowest BCUT2D eigenvalue weighted by Gasteiger charge is -2.19. The minimum Gasteiger partial charge on any atom is -0.478 e. The third-order valence-corrected chi connectivity index (χ3v) is 5.13. The van der Waals surface area contributed by atoms with Crippen LogP contribution < -0.4 is 4.72 Å². The Labute approximate surface area is 142 Å². The summed E-state index contributed by atoms with van der Waals surface area (Å²) >= 11 is 0. The summed E-state index contributed by atoms with van der Waals surface area (Å²) < 4.78 is 27.5. The predicted octanol–water partition coefficient (Wildman–Crippen LogP) is 3.79. The lowest BCUT2D eigenvalue weighted by atomic mass is 9.87. The first-order chi connectivity index (χ1) is 11.0. The molecule has 0 unspecified atom stereocenters. The number of hydrogen-bond donors (Lipinski definition) is 2. The van der Waals surface area contributed by atoms with Crippen molar-refractivity contribution in [3.63, 3.8) is 0 Å². The van der Waals surface area contributed by atoms with E-state index in [4.69, 9.17) is 5.11 Å². The van der Waals surface area contributed by atoms with Crippen LogP contribution in [0.3, 0.4) is 0 Å². The van der Waals surface area contributed by atoms with Crippen LogP contribution in [-0.4, -0.2) is 19.5 Å². The lowest BCUT2D eigenvalue weighted by Crippen LogP contribution is -2.15. The molecule has 0 spiro atoms. The van der Waals surface area contributed by atoms with Gasteiger partial charge < -0.3 is 5.11 Å². The average molecular weight is 347 g/mol. The fraction of sp³-hybridized carbons (Fsp3) is 0.278. The monoisotopic (exact) mass is 347 g/mol. The number of aryl methyl sites for hydroxylation is 1. The maximum atomic E-state index is 12.5. The van der Waals surface area contributed by atoms with Gasteiger partial charge in [-0.25, -0.2) is 13.2 Å². The topological polar surface area (TPSA) is 83.5 Å². The van der Waals surface area contributed by atoms with Gasteiger partial charge in [-0.3, -0.25) is 4.72 Å². The van der Waals surface area contributed by atoms with E-state index in [2.05, 4.69) is 25.5 Å². The Morgan fingerprint density at radius 2 is 1.62 bits per heavy atom. The fourth-order valence-electron chi connectivity index (χ4n) is 2.25. The van der Waals surface area contributed by atoms with Gasteiger partial charge in [-0.2, -0.15) is 0 Å². The van der Waals surface area contributed by atoms with E-state index in [1.165, 1.54) is 18.2 Å². The fourth-order valence-corrected chi connectivity index (χ4v) is 3.38. The number of hydrogen-bond acceptors (Lipinski definition) is 3. The summed E-state index contributed by atoms with van der Waals surface area (Å²) in [5, 5.41) is 8.96. The largest absolute Gasteiger partial charge is 0.478 e. The minimum atomic E-state index is -3.73. The Hall–Kier alpha value is -2.34. The van der Waals surface area contributed by atoms with Gasteiger partial charge in [0.2, 0.25) is 0 Å². The van der Waals surface area contributed by atoms with Crippen molar-refractivity contribution < 1.29 is 18.3 Å². The van der Waals surface area contributed by atoms with Crippen molar-refractivity contribution in [1.29, 1.82) is 0 Å². The van der Waals surface area contributed by atoms with E-state index in [1.54, 1.807) is 31.2 Å². The summed E-state index contributed by atoms with van der Waals surface area (Å²) in [4.78, 5) is 11.1. The first-order valence-electron chi connectivity index (χ1n) is 7.48. The first kappa shape index (κ1) is 18.0. The zero-order valence-corrected chi connectivity index (χ0v) is 14.9. The van der Waals surface area contributed by atoms with E-state index in [0.717, 1.165) is 5.56 Å². The van der Waals surface area contributed by atoms with Crippen molar-refractivity contribution in [2.75, 3.05) is 4.72 Å². The molecule has 0 saturated carbocycles. The molecular weight excluding hydrogens is 326 g/mol. The molecule has 0 aliphatic heterocycles. The summed E-state index contributed by atoms with van der Waals surface area (Å²) in [5.41, 5.74) is 2.01. The number of rotatable bonds is 4. The number of carboxylic acids is 1. The highest BCUT2D eigenvalue weighted by Crippen LogP contribution is 2.25. The summed E-state index contributed by atoms with van der Waals surface area (Å²) in [6, 6.07) is 11.0. The van der Waals surface area contributed by atoms with Crippen LogP contribution in [-0.2, 0) is 15.4 Å². The third kappa shape index (κ3) is 3.94. The molecule has 24 heavy (non-hydrogen) atoms. The number of anilines is 1. The van der Waals surface area contributed by atoms with Gasteiger partial charge >= 0.3 is 5.97 Å². The second-order valence-electron chi connectivity index (χ2n) is 6.71. The predicted molar refractivity (Wildman–Crippen MR) is 94.1 cm³/mol. The molecule has 2 N–H and O–H groups in total. The quantitative estimate of drug-likeness (QED) is 0.881. The molecule has 0 amide bonds. The number of benzene rings is 2. The summed E-state index contributed by atoms with van der Waals surface area (Å²) in [6.07, 6.45) is 0. The summed E-state index contributed by atoms with van der Waals surface area (Å²) in [7, 11) is -3.73. The average Bonchev–Trinajstić information content (AvgIpc) is 2.48. The van der Waals surface area contributed by atoms with Crippen molar-refractivity contribution in [2.45, 2.75) is 38.0 Å². The highest BCUT2D eigenvalue weighted by molar-refractivity contribution is 7.92. The van der Waals surface area contributed by atoms with Gasteiger partial charge in [0.15, 0.2) is 0 Å². The number of carbonyl (C=O) groups is 1. The highest BCUT2D eigenvalue weighted by atomic mass is 32.2. The van der Waals surface area contributed by atoms with Gasteiger partial charge in [-0.05, 0) is 53.8 Å². The highest BCUT2D eigenvalue weighted by Gasteiger charge is 2.18. The number of aromatic carboxylic acids is 1. The van der Waals surface area contributed by atoms with Gasteiger partial charge in [0, 0.05) is 0 Å². The first-order valence-corrected chi connectivity index (χ1v) is 8.96.